The van der Waals surface area contributed by atoms with Gasteiger partial charge in [0.1, 0.15) is 0 Å². The number of hydrogen-bond donors (Lipinski definition) is 2. The van der Waals surface area contributed by atoms with Crippen molar-refractivity contribution in [2.24, 2.45) is 0 Å². The smallest absolute Gasteiger partial charge is 0.0824 e. The molecule has 0 radical (unpaired) electrons. The maximum absolute atomic E-state index is 6.22. The van der Waals surface area contributed by atoms with Crippen molar-refractivity contribution in [2.45, 2.75) is 6.42 Å². The molecular weight excluding hydrogens is 415 g/mol. The fourth-order valence-electron chi connectivity index (χ4n) is 1.72. The molecule has 0 heterocycles. The molecule has 0 aliphatic carbocycles. The molecule has 0 bridgehead atoms. The first-order chi connectivity index (χ1) is 8.90. The third kappa shape index (κ3) is 3.19. The van der Waals surface area contributed by atoms with Crippen LogP contribution in [0.5, 0.6) is 0 Å². The van der Waals surface area contributed by atoms with Crippen LogP contribution in [0.2, 0.25) is 10.0 Å². The quantitative estimate of drug-likeness (QED) is 0.645. The summed E-state index contributed by atoms with van der Waals surface area (Å²) in [5, 5.41) is 0.874. The van der Waals surface area contributed by atoms with E-state index in [1.54, 1.807) is 6.07 Å². The summed E-state index contributed by atoms with van der Waals surface area (Å²) in [6.07, 6.45) is 0.625. The van der Waals surface area contributed by atoms with Crippen LogP contribution in [0.1, 0.15) is 11.1 Å². The van der Waals surface area contributed by atoms with Gasteiger partial charge in [-0.05, 0) is 29.3 Å². The van der Waals surface area contributed by atoms with Gasteiger partial charge in [-0.15, -0.1) is 0 Å². The van der Waals surface area contributed by atoms with E-state index in [0.29, 0.717) is 27.8 Å². The Morgan fingerprint density at radius 2 is 1.53 bits per heavy atom. The first-order valence-corrected chi connectivity index (χ1v) is 7.70. The van der Waals surface area contributed by atoms with E-state index in [0.717, 1.165) is 20.1 Å². The minimum Gasteiger partial charge on any atom is -0.399 e. The molecule has 0 saturated carbocycles. The van der Waals surface area contributed by atoms with E-state index >= 15 is 0 Å². The summed E-state index contributed by atoms with van der Waals surface area (Å²) in [7, 11) is 0. The van der Waals surface area contributed by atoms with Crippen LogP contribution in [0.25, 0.3) is 0 Å². The predicted octanol–water partition coefficient (Wildman–Crippen LogP) is 5.27. The average Bonchev–Trinajstić information content (AvgIpc) is 2.33. The zero-order valence-electron chi connectivity index (χ0n) is 9.68. The first-order valence-electron chi connectivity index (χ1n) is 5.36. The van der Waals surface area contributed by atoms with Crippen LogP contribution in [0.3, 0.4) is 0 Å². The molecule has 0 atom stereocenters. The zero-order chi connectivity index (χ0) is 14.2. The summed E-state index contributed by atoms with van der Waals surface area (Å²) in [6.45, 7) is 0. The van der Waals surface area contributed by atoms with E-state index in [1.165, 1.54) is 0 Å². The van der Waals surface area contributed by atoms with Crippen molar-refractivity contribution in [2.75, 3.05) is 11.5 Å². The van der Waals surface area contributed by atoms with Gasteiger partial charge in [-0.1, -0.05) is 61.1 Å². The molecule has 2 rings (SSSR count). The molecule has 6 heteroatoms. The van der Waals surface area contributed by atoms with Gasteiger partial charge in [-0.3, -0.25) is 0 Å². The van der Waals surface area contributed by atoms with Gasteiger partial charge in [0.2, 0.25) is 0 Å². The average molecular weight is 425 g/mol. The number of benzene rings is 2. The fourth-order valence-corrected chi connectivity index (χ4v) is 3.65. The Kier molecular flexibility index (Phi) is 4.66. The minimum atomic E-state index is 0.391. The van der Waals surface area contributed by atoms with E-state index < -0.39 is 0 Å². The molecule has 0 saturated heterocycles. The Bertz CT molecular complexity index is 622. The van der Waals surface area contributed by atoms with Crippen LogP contribution in [-0.2, 0) is 6.42 Å². The third-order valence-electron chi connectivity index (χ3n) is 2.72. The van der Waals surface area contributed by atoms with Gasteiger partial charge in [0.05, 0.1) is 15.7 Å². The second-order valence-electron chi connectivity index (χ2n) is 4.08. The summed E-state index contributed by atoms with van der Waals surface area (Å²) < 4.78 is 1.84. The molecule has 0 aliphatic heterocycles. The van der Waals surface area contributed by atoms with Crippen LogP contribution in [0, 0.1) is 0 Å². The van der Waals surface area contributed by atoms with E-state index in [-0.39, 0.29) is 0 Å². The summed E-state index contributed by atoms with van der Waals surface area (Å²) in [5.41, 5.74) is 14.6. The highest BCUT2D eigenvalue weighted by atomic mass is 79.9. The van der Waals surface area contributed by atoms with E-state index in [4.69, 9.17) is 34.7 Å². The van der Waals surface area contributed by atoms with Crippen LogP contribution in [-0.4, -0.2) is 0 Å². The van der Waals surface area contributed by atoms with Gasteiger partial charge in [0.15, 0.2) is 0 Å². The maximum atomic E-state index is 6.22. The molecule has 19 heavy (non-hydrogen) atoms. The number of rotatable bonds is 2. The van der Waals surface area contributed by atoms with Gasteiger partial charge in [-0.2, -0.15) is 0 Å². The standard InChI is InChI=1S/C13H10Br2Cl2N2/c14-9-4-7(18)5-10(15)8(9)3-6-1-2-11(19)13(17)12(6)16/h1-2,4-5H,3,18-19H2. The van der Waals surface area contributed by atoms with Crippen molar-refractivity contribution in [3.8, 4) is 0 Å². The Hall–Kier alpha value is -0.420. The van der Waals surface area contributed by atoms with Gasteiger partial charge in [0, 0.05) is 21.1 Å². The summed E-state index contributed by atoms with van der Waals surface area (Å²) in [5.74, 6) is 0. The highest BCUT2D eigenvalue weighted by Crippen LogP contribution is 2.36. The van der Waals surface area contributed by atoms with Crippen molar-refractivity contribution in [1.29, 1.82) is 0 Å². The summed E-state index contributed by atoms with van der Waals surface area (Å²) >= 11 is 19.3. The second kappa shape index (κ2) is 5.92. The molecule has 0 spiro atoms. The van der Waals surface area contributed by atoms with E-state index in [2.05, 4.69) is 31.9 Å². The Morgan fingerprint density at radius 3 is 2.11 bits per heavy atom. The molecule has 0 aliphatic rings. The van der Waals surface area contributed by atoms with Crippen molar-refractivity contribution < 1.29 is 0 Å². The topological polar surface area (TPSA) is 52.0 Å². The zero-order valence-corrected chi connectivity index (χ0v) is 14.4. The van der Waals surface area contributed by atoms with Crippen molar-refractivity contribution >= 4 is 66.4 Å². The Labute approximate surface area is 138 Å². The minimum absolute atomic E-state index is 0.391. The van der Waals surface area contributed by atoms with Gasteiger partial charge in [-0.25, -0.2) is 0 Å². The molecule has 4 N–H and O–H groups in total. The van der Waals surface area contributed by atoms with Gasteiger partial charge < -0.3 is 11.5 Å². The van der Waals surface area contributed by atoms with E-state index in [9.17, 15) is 0 Å². The van der Waals surface area contributed by atoms with Gasteiger partial charge >= 0.3 is 0 Å². The molecule has 0 unspecified atom stereocenters. The lowest BCUT2D eigenvalue weighted by Gasteiger charge is -2.12. The molecule has 100 valence electrons. The van der Waals surface area contributed by atoms with Crippen LogP contribution in [0.4, 0.5) is 11.4 Å². The number of nitrogens with two attached hydrogens (primary N) is 2. The number of halogens is 4. The molecule has 2 nitrogen and oxygen atoms in total. The third-order valence-corrected chi connectivity index (χ3v) is 5.07. The second-order valence-corrected chi connectivity index (χ2v) is 6.55. The molecular formula is C13H10Br2Cl2N2. The lowest BCUT2D eigenvalue weighted by Crippen LogP contribution is -1.97. The van der Waals surface area contributed by atoms with Gasteiger partial charge in [0.25, 0.3) is 0 Å². The van der Waals surface area contributed by atoms with Crippen LogP contribution < -0.4 is 11.5 Å². The largest absolute Gasteiger partial charge is 0.399 e. The monoisotopic (exact) mass is 422 g/mol. The van der Waals surface area contributed by atoms with Crippen LogP contribution in [0.15, 0.2) is 33.2 Å². The Balaban J connectivity index is 2.45. The normalized spacial score (nSPS) is 10.7. The van der Waals surface area contributed by atoms with Crippen molar-refractivity contribution in [3.63, 3.8) is 0 Å². The lowest BCUT2D eigenvalue weighted by atomic mass is 10.0. The summed E-state index contributed by atoms with van der Waals surface area (Å²) in [4.78, 5) is 0. The highest BCUT2D eigenvalue weighted by molar-refractivity contribution is 9.11. The fraction of sp³-hybridized carbons (Fsp3) is 0.0769. The Morgan fingerprint density at radius 1 is 0.947 bits per heavy atom. The number of anilines is 2. The summed E-state index contributed by atoms with van der Waals surface area (Å²) in [6, 6.07) is 7.33. The predicted molar refractivity (Wildman–Crippen MR) is 89.9 cm³/mol. The maximum Gasteiger partial charge on any atom is 0.0824 e. The number of hydrogen-bond acceptors (Lipinski definition) is 2. The highest BCUT2D eigenvalue weighted by Gasteiger charge is 2.12. The van der Waals surface area contributed by atoms with Crippen LogP contribution >= 0.6 is 55.1 Å². The molecule has 0 amide bonds. The molecule has 2 aromatic rings. The van der Waals surface area contributed by atoms with Crippen molar-refractivity contribution in [3.05, 3.63) is 54.4 Å². The van der Waals surface area contributed by atoms with Crippen molar-refractivity contribution in [1.82, 2.24) is 0 Å². The molecule has 2 aromatic carbocycles. The SMILES string of the molecule is Nc1cc(Br)c(Cc2ccc(N)c(Cl)c2Cl)c(Br)c1. The molecule has 0 aromatic heterocycles. The van der Waals surface area contributed by atoms with E-state index in [1.807, 2.05) is 18.2 Å². The molecule has 0 fully saturated rings. The number of nitrogen functional groups attached to an aromatic ring is 2. The first kappa shape index (κ1) is 15.0. The lowest BCUT2D eigenvalue weighted by molar-refractivity contribution is 1.17.